The van der Waals surface area contributed by atoms with Gasteiger partial charge in [-0.05, 0) is 5.21 Å². The average molecular weight is 130 g/mol. The van der Waals surface area contributed by atoms with Crippen LogP contribution in [0.15, 0.2) is 0 Å². The fourth-order valence-electron chi connectivity index (χ4n) is 0.349. The van der Waals surface area contributed by atoms with Crippen molar-refractivity contribution in [3.63, 3.8) is 0 Å². The van der Waals surface area contributed by atoms with Gasteiger partial charge in [-0.25, -0.2) is 0 Å². The van der Waals surface area contributed by atoms with Gasteiger partial charge in [0, 0.05) is 4.96 Å². The Labute approximate surface area is 51.3 Å². The summed E-state index contributed by atoms with van der Waals surface area (Å²) in [4.78, 5) is 5.51. The van der Waals surface area contributed by atoms with Crippen LogP contribution in [0.2, 0.25) is 0 Å². The monoisotopic (exact) mass is 130 g/mol. The molecule has 0 bridgehead atoms. The zero-order valence-electron chi connectivity index (χ0n) is 5.11. The van der Waals surface area contributed by atoms with Gasteiger partial charge in [0.15, 0.2) is 0 Å². The number of hydrogen-bond donors (Lipinski definition) is 0. The molecule has 0 radical (unpaired) electrons. The van der Waals surface area contributed by atoms with E-state index in [2.05, 4.69) is 25.0 Å². The van der Waals surface area contributed by atoms with Gasteiger partial charge in [-0.1, -0.05) is 10.2 Å². The Kier molecular flexibility index (Phi) is 1.48. The molecular formula is C3H6N4O2. The van der Waals surface area contributed by atoms with Crippen molar-refractivity contribution >= 4 is 0 Å². The van der Waals surface area contributed by atoms with Gasteiger partial charge >= 0.3 is 6.01 Å². The summed E-state index contributed by atoms with van der Waals surface area (Å²) in [6.45, 7) is 0. The first-order chi connectivity index (χ1) is 4.36. The van der Waals surface area contributed by atoms with E-state index >= 15 is 0 Å². The van der Waals surface area contributed by atoms with Gasteiger partial charge < -0.3 is 9.57 Å². The normalized spacial score (nSPS) is 9.11. The Bertz CT molecular complexity index is 167. The van der Waals surface area contributed by atoms with Crippen LogP contribution in [0.1, 0.15) is 0 Å². The summed E-state index contributed by atoms with van der Waals surface area (Å²) in [6.07, 6.45) is 0. The first kappa shape index (κ1) is 5.80. The fourth-order valence-corrected chi connectivity index (χ4v) is 0.349. The number of nitrogens with zero attached hydrogens (tertiary/aromatic N) is 4. The van der Waals surface area contributed by atoms with Crippen LogP contribution in [0, 0.1) is 0 Å². The predicted octanol–water partition coefficient (Wildman–Crippen LogP) is -1.26. The van der Waals surface area contributed by atoms with Crippen LogP contribution < -0.4 is 9.57 Å². The Morgan fingerprint density at radius 1 is 1.44 bits per heavy atom. The van der Waals surface area contributed by atoms with Crippen molar-refractivity contribution in [2.75, 3.05) is 14.2 Å². The molecule has 0 aromatic carbocycles. The number of ether oxygens (including phenoxy) is 1. The first-order valence-electron chi connectivity index (χ1n) is 2.25. The third-order valence-electron chi connectivity index (χ3n) is 0.724. The SMILES string of the molecule is COc1nnn(OC)n1. The van der Waals surface area contributed by atoms with E-state index in [4.69, 9.17) is 0 Å². The average Bonchev–Trinajstić information content (AvgIpc) is 2.34. The molecule has 0 amide bonds. The molecule has 0 saturated heterocycles. The predicted molar refractivity (Wildman–Crippen MR) is 26.9 cm³/mol. The molecule has 9 heavy (non-hydrogen) atoms. The molecule has 0 atom stereocenters. The summed E-state index contributed by atoms with van der Waals surface area (Å²) in [5.74, 6) is 0. The second-order valence-electron chi connectivity index (χ2n) is 1.21. The second-order valence-corrected chi connectivity index (χ2v) is 1.21. The zero-order chi connectivity index (χ0) is 6.69. The highest BCUT2D eigenvalue weighted by molar-refractivity contribution is 4.79. The summed E-state index contributed by atoms with van der Waals surface area (Å²) in [5.41, 5.74) is 0. The highest BCUT2D eigenvalue weighted by Crippen LogP contribution is 1.91. The molecule has 6 nitrogen and oxygen atoms in total. The topological polar surface area (TPSA) is 62.1 Å². The van der Waals surface area contributed by atoms with Gasteiger partial charge in [0.1, 0.15) is 7.11 Å². The zero-order valence-corrected chi connectivity index (χ0v) is 5.11. The molecule has 1 aromatic rings. The van der Waals surface area contributed by atoms with Crippen molar-refractivity contribution in [2.24, 2.45) is 0 Å². The van der Waals surface area contributed by atoms with Gasteiger partial charge in [0.05, 0.1) is 7.11 Å². The lowest BCUT2D eigenvalue weighted by Gasteiger charge is -1.88. The van der Waals surface area contributed by atoms with Crippen molar-refractivity contribution in [3.8, 4) is 6.01 Å². The van der Waals surface area contributed by atoms with Crippen molar-refractivity contribution in [2.45, 2.75) is 0 Å². The Balaban J connectivity index is 2.74. The van der Waals surface area contributed by atoms with Gasteiger partial charge in [-0.3, -0.25) is 0 Å². The number of aromatic nitrogens is 4. The van der Waals surface area contributed by atoms with Crippen LogP contribution in [0.4, 0.5) is 0 Å². The van der Waals surface area contributed by atoms with E-state index in [9.17, 15) is 0 Å². The summed E-state index contributed by atoms with van der Waals surface area (Å²) in [6, 6.07) is 0.192. The lowest BCUT2D eigenvalue weighted by atomic mass is 11.2. The van der Waals surface area contributed by atoms with E-state index < -0.39 is 0 Å². The van der Waals surface area contributed by atoms with Crippen molar-refractivity contribution in [1.82, 2.24) is 20.4 Å². The molecule has 0 saturated carbocycles. The van der Waals surface area contributed by atoms with Crippen molar-refractivity contribution in [1.29, 1.82) is 0 Å². The van der Waals surface area contributed by atoms with E-state index in [1.807, 2.05) is 0 Å². The minimum absolute atomic E-state index is 0.192. The molecule has 1 aromatic heterocycles. The van der Waals surface area contributed by atoms with Crippen LogP contribution in [-0.4, -0.2) is 34.6 Å². The molecule has 6 heteroatoms. The summed E-state index contributed by atoms with van der Waals surface area (Å²) in [5, 5.41) is 10.5. The molecule has 0 N–H and O–H groups in total. The largest absolute Gasteiger partial charge is 0.465 e. The van der Waals surface area contributed by atoms with Gasteiger partial charge in [0.2, 0.25) is 0 Å². The molecule has 0 aliphatic heterocycles. The summed E-state index contributed by atoms with van der Waals surface area (Å²) < 4.78 is 4.61. The molecule has 1 rings (SSSR count). The Morgan fingerprint density at radius 2 is 2.22 bits per heavy atom. The van der Waals surface area contributed by atoms with Crippen LogP contribution >= 0.6 is 0 Å². The molecule has 0 aliphatic carbocycles. The van der Waals surface area contributed by atoms with Crippen LogP contribution in [0.25, 0.3) is 0 Å². The smallest absolute Gasteiger partial charge is 0.358 e. The lowest BCUT2D eigenvalue weighted by Crippen LogP contribution is -2.09. The fraction of sp³-hybridized carbons (Fsp3) is 0.667. The maximum absolute atomic E-state index is 4.61. The summed E-state index contributed by atoms with van der Waals surface area (Å²) >= 11 is 0. The third kappa shape index (κ3) is 1.07. The van der Waals surface area contributed by atoms with E-state index in [1.165, 1.54) is 14.2 Å². The molecule has 0 spiro atoms. The van der Waals surface area contributed by atoms with Crippen LogP contribution in [0.3, 0.4) is 0 Å². The highest BCUT2D eigenvalue weighted by atomic mass is 16.7. The van der Waals surface area contributed by atoms with E-state index in [0.29, 0.717) is 0 Å². The highest BCUT2D eigenvalue weighted by Gasteiger charge is 1.97. The molecule has 0 fully saturated rings. The standard InChI is InChI=1S/C3H6N4O2/c1-8-3-4-6-7(5-3)9-2/h1-2H3. The van der Waals surface area contributed by atoms with Gasteiger partial charge in [-0.2, -0.15) is 0 Å². The number of rotatable bonds is 2. The minimum atomic E-state index is 0.192. The van der Waals surface area contributed by atoms with Gasteiger partial charge in [-0.15, -0.1) is 0 Å². The van der Waals surface area contributed by atoms with E-state index in [-0.39, 0.29) is 6.01 Å². The maximum Gasteiger partial charge on any atom is 0.358 e. The Hall–Kier alpha value is -1.33. The Morgan fingerprint density at radius 3 is 2.56 bits per heavy atom. The minimum Gasteiger partial charge on any atom is -0.465 e. The lowest BCUT2D eigenvalue weighted by molar-refractivity contribution is 0.0940. The molecule has 0 unspecified atom stereocenters. The summed E-state index contributed by atoms with van der Waals surface area (Å²) in [7, 11) is 2.89. The van der Waals surface area contributed by atoms with Gasteiger partial charge in [0.25, 0.3) is 0 Å². The van der Waals surface area contributed by atoms with Crippen LogP contribution in [-0.2, 0) is 0 Å². The van der Waals surface area contributed by atoms with Crippen molar-refractivity contribution < 1.29 is 9.57 Å². The quantitative estimate of drug-likeness (QED) is 0.500. The first-order valence-corrected chi connectivity index (χ1v) is 2.25. The molecule has 0 aliphatic rings. The number of hydrogen-bond acceptors (Lipinski definition) is 5. The van der Waals surface area contributed by atoms with E-state index in [1.54, 1.807) is 0 Å². The molecular weight excluding hydrogens is 124 g/mol. The maximum atomic E-state index is 4.61. The number of tetrazole rings is 1. The second kappa shape index (κ2) is 2.29. The molecule has 50 valence electrons. The van der Waals surface area contributed by atoms with E-state index in [0.717, 1.165) is 4.96 Å². The third-order valence-corrected chi connectivity index (χ3v) is 0.724. The van der Waals surface area contributed by atoms with Crippen LogP contribution in [0.5, 0.6) is 6.01 Å². The molecule has 1 heterocycles. The number of methoxy groups -OCH3 is 1. The van der Waals surface area contributed by atoms with Crippen molar-refractivity contribution in [3.05, 3.63) is 0 Å².